The zero-order valence-corrected chi connectivity index (χ0v) is 13.2. The van der Waals surface area contributed by atoms with Gasteiger partial charge in [0.2, 0.25) is 0 Å². The van der Waals surface area contributed by atoms with Crippen molar-refractivity contribution in [2.45, 2.75) is 39.0 Å². The van der Waals surface area contributed by atoms with Gasteiger partial charge in [-0.3, -0.25) is 4.79 Å². The van der Waals surface area contributed by atoms with Gasteiger partial charge in [-0.05, 0) is 43.4 Å². The van der Waals surface area contributed by atoms with Crippen molar-refractivity contribution >= 4 is 5.91 Å². The minimum Gasteiger partial charge on any atom is -0.351 e. The van der Waals surface area contributed by atoms with E-state index in [-0.39, 0.29) is 5.91 Å². The first-order valence-electron chi connectivity index (χ1n) is 8.08. The number of carbonyl (C=O) groups excluding carboxylic acids is 1. The third-order valence-corrected chi connectivity index (χ3v) is 3.96. The van der Waals surface area contributed by atoms with Crippen LogP contribution >= 0.6 is 0 Å². The van der Waals surface area contributed by atoms with Crippen molar-refractivity contribution in [3.05, 3.63) is 47.8 Å². The number of aromatic nitrogens is 2. The van der Waals surface area contributed by atoms with Crippen LogP contribution in [0.1, 0.15) is 55.2 Å². The number of carbonyl (C=O) groups is 1. The molecule has 4 nitrogen and oxygen atoms in total. The molecular formula is C18H23N3O. The zero-order chi connectivity index (χ0) is 15.5. The average Bonchev–Trinajstić information content (AvgIpc) is 3.26. The van der Waals surface area contributed by atoms with E-state index in [9.17, 15) is 4.79 Å². The molecule has 1 saturated carbocycles. The maximum Gasteiger partial charge on any atom is 0.270 e. The summed E-state index contributed by atoms with van der Waals surface area (Å²) in [6, 6.07) is 11.8. The molecule has 1 N–H and O–H groups in total. The first-order chi connectivity index (χ1) is 10.6. The molecule has 22 heavy (non-hydrogen) atoms. The van der Waals surface area contributed by atoms with E-state index in [0.29, 0.717) is 24.1 Å². The Morgan fingerprint density at radius 2 is 2.05 bits per heavy atom. The molecule has 0 radical (unpaired) electrons. The van der Waals surface area contributed by atoms with Gasteiger partial charge in [-0.25, -0.2) is 4.68 Å². The fourth-order valence-electron chi connectivity index (χ4n) is 2.47. The van der Waals surface area contributed by atoms with Crippen molar-refractivity contribution in [1.82, 2.24) is 15.1 Å². The molecule has 1 amide bonds. The number of benzene rings is 1. The smallest absolute Gasteiger partial charge is 0.270 e. The summed E-state index contributed by atoms with van der Waals surface area (Å²) in [5.74, 6) is 1.08. The monoisotopic (exact) mass is 297 g/mol. The quantitative estimate of drug-likeness (QED) is 0.886. The molecular weight excluding hydrogens is 274 g/mol. The van der Waals surface area contributed by atoms with Crippen molar-refractivity contribution in [1.29, 1.82) is 0 Å². The van der Waals surface area contributed by atoms with Crippen molar-refractivity contribution < 1.29 is 4.79 Å². The lowest BCUT2D eigenvalue weighted by molar-refractivity contribution is 0.0944. The summed E-state index contributed by atoms with van der Waals surface area (Å²) in [5, 5.41) is 7.68. The van der Waals surface area contributed by atoms with Gasteiger partial charge in [-0.2, -0.15) is 5.10 Å². The Kier molecular flexibility index (Phi) is 4.27. The average molecular weight is 297 g/mol. The molecule has 1 aromatic heterocycles. The van der Waals surface area contributed by atoms with E-state index in [1.54, 1.807) is 4.68 Å². The Morgan fingerprint density at radius 3 is 2.68 bits per heavy atom. The molecule has 2 aromatic rings. The second-order valence-corrected chi connectivity index (χ2v) is 6.41. The number of amides is 1. The van der Waals surface area contributed by atoms with Crippen LogP contribution in [0.5, 0.6) is 0 Å². The van der Waals surface area contributed by atoms with Crippen molar-refractivity contribution in [3.8, 4) is 5.69 Å². The highest BCUT2D eigenvalue weighted by Gasteiger charge is 2.28. The maximum absolute atomic E-state index is 12.5. The van der Waals surface area contributed by atoms with Crippen LogP contribution in [0.15, 0.2) is 36.4 Å². The standard InChI is InChI=1S/C18H23N3O/c1-13(2)10-11-19-18(22)17-12-16(14-8-9-14)20-21(17)15-6-4-3-5-7-15/h3-7,12-14H,8-11H2,1-2H3,(H,19,22). The molecule has 1 fully saturated rings. The highest BCUT2D eigenvalue weighted by atomic mass is 16.2. The minimum atomic E-state index is -0.0381. The van der Waals surface area contributed by atoms with E-state index in [2.05, 4.69) is 24.3 Å². The predicted octanol–water partition coefficient (Wildman–Crippen LogP) is 3.53. The molecule has 0 saturated heterocycles. The van der Waals surface area contributed by atoms with Crippen LogP contribution in [-0.2, 0) is 0 Å². The summed E-state index contributed by atoms with van der Waals surface area (Å²) >= 11 is 0. The van der Waals surface area contributed by atoms with E-state index in [0.717, 1.165) is 17.8 Å². The molecule has 116 valence electrons. The highest BCUT2D eigenvalue weighted by Crippen LogP contribution is 2.39. The molecule has 0 bridgehead atoms. The van der Waals surface area contributed by atoms with Gasteiger partial charge >= 0.3 is 0 Å². The summed E-state index contributed by atoms with van der Waals surface area (Å²) in [7, 11) is 0. The Balaban J connectivity index is 1.84. The Labute approximate surface area is 131 Å². The van der Waals surface area contributed by atoms with Gasteiger partial charge in [-0.1, -0.05) is 32.0 Å². The zero-order valence-electron chi connectivity index (χ0n) is 13.2. The lowest BCUT2D eigenvalue weighted by atomic mass is 10.1. The summed E-state index contributed by atoms with van der Waals surface area (Å²) in [5.41, 5.74) is 2.61. The van der Waals surface area contributed by atoms with Crippen molar-refractivity contribution in [3.63, 3.8) is 0 Å². The number of hydrogen-bond acceptors (Lipinski definition) is 2. The van der Waals surface area contributed by atoms with E-state index >= 15 is 0 Å². The molecule has 3 rings (SSSR count). The topological polar surface area (TPSA) is 46.9 Å². The van der Waals surface area contributed by atoms with Gasteiger partial charge in [0.15, 0.2) is 0 Å². The fraction of sp³-hybridized carbons (Fsp3) is 0.444. The van der Waals surface area contributed by atoms with Gasteiger partial charge in [0, 0.05) is 12.5 Å². The molecule has 4 heteroatoms. The van der Waals surface area contributed by atoms with Crippen LogP contribution in [-0.4, -0.2) is 22.2 Å². The Bertz CT molecular complexity index is 642. The van der Waals surface area contributed by atoms with Gasteiger partial charge in [0.05, 0.1) is 11.4 Å². The summed E-state index contributed by atoms with van der Waals surface area (Å²) in [6.07, 6.45) is 3.35. The first-order valence-corrected chi connectivity index (χ1v) is 8.08. The third-order valence-electron chi connectivity index (χ3n) is 3.96. The minimum absolute atomic E-state index is 0.0381. The lowest BCUT2D eigenvalue weighted by Crippen LogP contribution is -2.27. The normalized spacial score (nSPS) is 14.3. The largest absolute Gasteiger partial charge is 0.351 e. The van der Waals surface area contributed by atoms with Crippen LogP contribution in [0.3, 0.4) is 0 Å². The van der Waals surface area contributed by atoms with Crippen molar-refractivity contribution in [2.75, 3.05) is 6.54 Å². The number of para-hydroxylation sites is 1. The molecule has 1 aliphatic carbocycles. The van der Waals surface area contributed by atoms with Gasteiger partial charge in [0.25, 0.3) is 5.91 Å². The molecule has 0 atom stereocenters. The van der Waals surface area contributed by atoms with Gasteiger partial charge in [-0.15, -0.1) is 0 Å². The van der Waals surface area contributed by atoms with Crippen LogP contribution < -0.4 is 5.32 Å². The van der Waals surface area contributed by atoms with Gasteiger partial charge < -0.3 is 5.32 Å². The number of nitrogens with one attached hydrogen (secondary N) is 1. The predicted molar refractivity (Wildman–Crippen MR) is 87.3 cm³/mol. The van der Waals surface area contributed by atoms with E-state index in [4.69, 9.17) is 0 Å². The van der Waals surface area contributed by atoms with Crippen molar-refractivity contribution in [2.24, 2.45) is 5.92 Å². The molecule has 0 aliphatic heterocycles. The number of rotatable bonds is 6. The molecule has 1 heterocycles. The van der Waals surface area contributed by atoms with E-state index < -0.39 is 0 Å². The summed E-state index contributed by atoms with van der Waals surface area (Å²) in [6.45, 7) is 5.02. The SMILES string of the molecule is CC(C)CCNC(=O)c1cc(C2CC2)nn1-c1ccccc1. The van der Waals surface area contributed by atoms with Crippen LogP contribution in [0.2, 0.25) is 0 Å². The first kappa shape index (κ1) is 14.8. The van der Waals surface area contributed by atoms with Crippen LogP contribution in [0, 0.1) is 5.92 Å². The Hall–Kier alpha value is -2.10. The van der Waals surface area contributed by atoms with Crippen LogP contribution in [0.4, 0.5) is 0 Å². The van der Waals surface area contributed by atoms with E-state index in [1.807, 2.05) is 36.4 Å². The maximum atomic E-state index is 12.5. The Morgan fingerprint density at radius 1 is 1.32 bits per heavy atom. The van der Waals surface area contributed by atoms with Crippen LogP contribution in [0.25, 0.3) is 5.69 Å². The second kappa shape index (κ2) is 6.34. The summed E-state index contributed by atoms with van der Waals surface area (Å²) in [4.78, 5) is 12.5. The molecule has 0 spiro atoms. The number of nitrogens with zero attached hydrogens (tertiary/aromatic N) is 2. The summed E-state index contributed by atoms with van der Waals surface area (Å²) < 4.78 is 1.78. The molecule has 0 unspecified atom stereocenters. The third kappa shape index (κ3) is 3.38. The number of hydrogen-bond donors (Lipinski definition) is 1. The molecule has 1 aromatic carbocycles. The fourth-order valence-corrected chi connectivity index (χ4v) is 2.47. The molecule has 1 aliphatic rings. The highest BCUT2D eigenvalue weighted by molar-refractivity contribution is 5.93. The van der Waals surface area contributed by atoms with Gasteiger partial charge in [0.1, 0.15) is 5.69 Å². The second-order valence-electron chi connectivity index (χ2n) is 6.41. The lowest BCUT2D eigenvalue weighted by Gasteiger charge is -2.09. The van der Waals surface area contributed by atoms with E-state index in [1.165, 1.54) is 12.8 Å².